The maximum Gasteiger partial charge on any atom is 0.269 e. The van der Waals surface area contributed by atoms with Crippen LogP contribution in [-0.2, 0) is 0 Å². The summed E-state index contributed by atoms with van der Waals surface area (Å²) in [6.07, 6.45) is 5.55. The lowest BCUT2D eigenvalue weighted by atomic mass is 9.77. The highest BCUT2D eigenvalue weighted by atomic mass is 79.9. The van der Waals surface area contributed by atoms with Gasteiger partial charge in [-0.3, -0.25) is 10.1 Å². The zero-order valence-electron chi connectivity index (χ0n) is 12.3. The number of allylic oxidation sites excluding steroid dienone is 2. The molecule has 2 aliphatic rings. The quantitative estimate of drug-likeness (QED) is 0.449. The van der Waals surface area contributed by atoms with Gasteiger partial charge in [-0.25, -0.2) is 0 Å². The molecule has 23 heavy (non-hydrogen) atoms. The van der Waals surface area contributed by atoms with Crippen molar-refractivity contribution in [3.63, 3.8) is 0 Å². The summed E-state index contributed by atoms with van der Waals surface area (Å²) < 4.78 is 1.09. The fourth-order valence-corrected chi connectivity index (χ4v) is 4.08. The fraction of sp³-hybridized carbons (Fsp3) is 0.222. The molecule has 0 unspecified atom stereocenters. The van der Waals surface area contributed by atoms with Crippen molar-refractivity contribution >= 4 is 27.3 Å². The molecule has 4 nitrogen and oxygen atoms in total. The van der Waals surface area contributed by atoms with E-state index in [9.17, 15) is 10.1 Å². The minimum absolute atomic E-state index is 0.134. The Morgan fingerprint density at radius 1 is 1.17 bits per heavy atom. The zero-order valence-corrected chi connectivity index (χ0v) is 13.9. The average Bonchev–Trinajstić information content (AvgIpc) is 3.04. The Labute approximate surface area is 142 Å². The molecule has 0 bridgehead atoms. The molecule has 3 atom stereocenters. The van der Waals surface area contributed by atoms with Crippen LogP contribution >= 0.6 is 15.9 Å². The van der Waals surface area contributed by atoms with Gasteiger partial charge in [-0.1, -0.05) is 40.2 Å². The molecular weight excluding hydrogens is 356 g/mol. The van der Waals surface area contributed by atoms with Gasteiger partial charge in [-0.2, -0.15) is 0 Å². The average molecular weight is 371 g/mol. The minimum Gasteiger partial charge on any atom is -0.378 e. The summed E-state index contributed by atoms with van der Waals surface area (Å²) >= 11 is 3.55. The van der Waals surface area contributed by atoms with Gasteiger partial charge in [0.25, 0.3) is 5.69 Å². The number of nitro benzene ring substituents is 1. The van der Waals surface area contributed by atoms with E-state index in [1.54, 1.807) is 12.1 Å². The summed E-state index contributed by atoms with van der Waals surface area (Å²) in [6.45, 7) is 0. The van der Waals surface area contributed by atoms with Gasteiger partial charge in [0, 0.05) is 28.2 Å². The summed E-state index contributed by atoms with van der Waals surface area (Å²) in [5.74, 6) is 0.835. The fourth-order valence-electron chi connectivity index (χ4n) is 3.70. The van der Waals surface area contributed by atoms with E-state index in [1.807, 2.05) is 18.2 Å². The highest BCUT2D eigenvalue weighted by Gasteiger charge is 2.37. The van der Waals surface area contributed by atoms with Crippen LogP contribution in [0.3, 0.4) is 0 Å². The summed E-state index contributed by atoms with van der Waals surface area (Å²) in [5.41, 5.74) is 3.69. The lowest BCUT2D eigenvalue weighted by Gasteiger charge is -2.37. The van der Waals surface area contributed by atoms with Gasteiger partial charge >= 0.3 is 0 Å². The number of nitro groups is 1. The first-order valence-electron chi connectivity index (χ1n) is 7.60. The number of hydrogen-bond donors (Lipinski definition) is 1. The first-order valence-corrected chi connectivity index (χ1v) is 8.40. The van der Waals surface area contributed by atoms with Crippen LogP contribution < -0.4 is 5.32 Å². The minimum atomic E-state index is -0.356. The predicted molar refractivity (Wildman–Crippen MR) is 93.6 cm³/mol. The lowest BCUT2D eigenvalue weighted by Crippen LogP contribution is -2.29. The second-order valence-electron chi connectivity index (χ2n) is 6.06. The molecule has 0 saturated heterocycles. The van der Waals surface area contributed by atoms with E-state index in [0.29, 0.717) is 11.8 Å². The van der Waals surface area contributed by atoms with E-state index < -0.39 is 0 Å². The standard InChI is InChI=1S/C18H15BrN2O2/c19-12-6-9-17-16(10-12)14-2-1-3-15(14)18(20-17)11-4-7-13(8-5-11)21(22)23/h1-2,4-10,14-15,18,20H,3H2/t14-,15+,18-/m1/s1. The Morgan fingerprint density at radius 2 is 1.96 bits per heavy atom. The Kier molecular flexibility index (Phi) is 3.45. The summed E-state index contributed by atoms with van der Waals surface area (Å²) in [7, 11) is 0. The number of hydrogen-bond acceptors (Lipinski definition) is 3. The number of fused-ring (bicyclic) bond motifs is 3. The van der Waals surface area contributed by atoms with Gasteiger partial charge in [0.2, 0.25) is 0 Å². The number of halogens is 1. The molecule has 0 amide bonds. The van der Waals surface area contributed by atoms with Crippen molar-refractivity contribution in [3.8, 4) is 0 Å². The van der Waals surface area contributed by atoms with Gasteiger partial charge in [0.15, 0.2) is 0 Å². The SMILES string of the molecule is O=[N+]([O-])c1ccc([C@H]2Nc3ccc(Br)cc3[C@@H]3C=CC[C@H]23)cc1. The van der Waals surface area contributed by atoms with E-state index in [-0.39, 0.29) is 16.7 Å². The van der Waals surface area contributed by atoms with E-state index in [1.165, 1.54) is 5.56 Å². The molecule has 4 rings (SSSR count). The molecule has 2 aromatic carbocycles. The molecule has 0 radical (unpaired) electrons. The van der Waals surface area contributed by atoms with E-state index in [2.05, 4.69) is 45.5 Å². The highest BCUT2D eigenvalue weighted by molar-refractivity contribution is 9.10. The third-order valence-electron chi connectivity index (χ3n) is 4.79. The predicted octanol–water partition coefficient (Wildman–Crippen LogP) is 5.18. The van der Waals surface area contributed by atoms with Crippen molar-refractivity contribution in [3.05, 3.63) is 80.3 Å². The van der Waals surface area contributed by atoms with Gasteiger partial charge in [0.05, 0.1) is 11.0 Å². The van der Waals surface area contributed by atoms with Crippen LogP contribution in [0.1, 0.15) is 29.5 Å². The lowest BCUT2D eigenvalue weighted by molar-refractivity contribution is -0.384. The molecule has 5 heteroatoms. The van der Waals surface area contributed by atoms with Crippen LogP contribution in [0.4, 0.5) is 11.4 Å². The molecule has 2 aromatic rings. The van der Waals surface area contributed by atoms with Crippen LogP contribution in [0, 0.1) is 16.0 Å². The zero-order chi connectivity index (χ0) is 16.0. The topological polar surface area (TPSA) is 55.2 Å². The molecule has 1 aliphatic carbocycles. The number of nitrogens with one attached hydrogen (secondary N) is 1. The van der Waals surface area contributed by atoms with E-state index in [0.717, 1.165) is 22.1 Å². The molecule has 0 fully saturated rings. The van der Waals surface area contributed by atoms with Crippen LogP contribution in [0.25, 0.3) is 0 Å². The monoisotopic (exact) mass is 370 g/mol. The van der Waals surface area contributed by atoms with Crippen molar-refractivity contribution in [2.24, 2.45) is 5.92 Å². The summed E-state index contributed by atoms with van der Waals surface area (Å²) in [4.78, 5) is 10.5. The number of benzene rings is 2. The van der Waals surface area contributed by atoms with Crippen LogP contribution in [0.5, 0.6) is 0 Å². The highest BCUT2D eigenvalue weighted by Crippen LogP contribution is 2.50. The third kappa shape index (κ3) is 2.45. The van der Waals surface area contributed by atoms with Gasteiger partial charge in [0.1, 0.15) is 0 Å². The van der Waals surface area contributed by atoms with Crippen LogP contribution in [-0.4, -0.2) is 4.92 Å². The maximum absolute atomic E-state index is 10.8. The first kappa shape index (κ1) is 14.5. The number of anilines is 1. The van der Waals surface area contributed by atoms with Crippen molar-refractivity contribution < 1.29 is 4.92 Å². The smallest absolute Gasteiger partial charge is 0.269 e. The molecule has 1 aliphatic heterocycles. The molecule has 0 spiro atoms. The molecule has 1 heterocycles. The van der Waals surface area contributed by atoms with Crippen molar-refractivity contribution in [1.82, 2.24) is 0 Å². The molecular formula is C18H15BrN2O2. The van der Waals surface area contributed by atoms with Crippen LogP contribution in [0.15, 0.2) is 59.1 Å². The molecule has 1 N–H and O–H groups in total. The second kappa shape index (κ2) is 5.49. The van der Waals surface area contributed by atoms with Crippen LogP contribution in [0.2, 0.25) is 0 Å². The largest absolute Gasteiger partial charge is 0.378 e. The van der Waals surface area contributed by atoms with Crippen molar-refractivity contribution in [1.29, 1.82) is 0 Å². The summed E-state index contributed by atoms with van der Waals surface area (Å²) in [6, 6.07) is 13.4. The Bertz CT molecular complexity index is 801. The number of rotatable bonds is 2. The van der Waals surface area contributed by atoms with Gasteiger partial charge in [-0.05, 0) is 41.7 Å². The first-order chi connectivity index (χ1) is 11.1. The third-order valence-corrected chi connectivity index (χ3v) is 5.28. The number of non-ortho nitro benzene ring substituents is 1. The van der Waals surface area contributed by atoms with Crippen molar-refractivity contribution in [2.75, 3.05) is 5.32 Å². The van der Waals surface area contributed by atoms with Crippen molar-refractivity contribution in [2.45, 2.75) is 18.4 Å². The molecule has 0 saturated carbocycles. The Hall–Kier alpha value is -2.14. The molecule has 0 aromatic heterocycles. The molecule has 116 valence electrons. The normalized spacial score (nSPS) is 24.7. The van der Waals surface area contributed by atoms with E-state index in [4.69, 9.17) is 0 Å². The second-order valence-corrected chi connectivity index (χ2v) is 6.97. The van der Waals surface area contributed by atoms with Gasteiger partial charge < -0.3 is 5.32 Å². The van der Waals surface area contributed by atoms with Gasteiger partial charge in [-0.15, -0.1) is 0 Å². The summed E-state index contributed by atoms with van der Waals surface area (Å²) in [5, 5.41) is 14.5. The Balaban J connectivity index is 1.73. The maximum atomic E-state index is 10.8. The Morgan fingerprint density at radius 3 is 2.70 bits per heavy atom. The van der Waals surface area contributed by atoms with E-state index >= 15 is 0 Å². The number of nitrogens with zero attached hydrogens (tertiary/aromatic N) is 1.